The van der Waals surface area contributed by atoms with Crippen LogP contribution in [0.2, 0.25) is 10.0 Å². The summed E-state index contributed by atoms with van der Waals surface area (Å²) in [6, 6.07) is 7.20. The van der Waals surface area contributed by atoms with E-state index in [9.17, 15) is 4.39 Å². The van der Waals surface area contributed by atoms with Gasteiger partial charge in [0.2, 0.25) is 0 Å². The van der Waals surface area contributed by atoms with Crippen molar-refractivity contribution in [2.24, 2.45) is 0 Å². The minimum absolute atomic E-state index is 0.0519. The lowest BCUT2D eigenvalue weighted by Gasteiger charge is -2.02. The van der Waals surface area contributed by atoms with E-state index in [-0.39, 0.29) is 10.0 Å². The average Bonchev–Trinajstić information content (AvgIpc) is 2.74. The van der Waals surface area contributed by atoms with Gasteiger partial charge in [-0.15, -0.1) is 11.3 Å². The van der Waals surface area contributed by atoms with E-state index in [1.807, 2.05) is 19.2 Å². The van der Waals surface area contributed by atoms with E-state index in [2.05, 4.69) is 5.32 Å². The Kier molecular flexibility index (Phi) is 4.05. The summed E-state index contributed by atoms with van der Waals surface area (Å²) in [4.78, 5) is 2.23. The first-order chi connectivity index (χ1) is 8.11. The Balaban J connectivity index is 2.39. The van der Waals surface area contributed by atoms with Crippen molar-refractivity contribution in [2.75, 3.05) is 7.05 Å². The summed E-state index contributed by atoms with van der Waals surface area (Å²) in [6.07, 6.45) is 0. The van der Waals surface area contributed by atoms with Gasteiger partial charge < -0.3 is 5.32 Å². The number of hydrogen-bond acceptors (Lipinski definition) is 2. The quantitative estimate of drug-likeness (QED) is 0.816. The van der Waals surface area contributed by atoms with Gasteiger partial charge in [0.05, 0.1) is 10.0 Å². The molecule has 2 aromatic rings. The highest BCUT2D eigenvalue weighted by Gasteiger charge is 2.10. The normalized spacial score (nSPS) is 10.8. The molecule has 0 fully saturated rings. The molecule has 2 rings (SSSR count). The second kappa shape index (κ2) is 5.36. The molecule has 0 aliphatic rings. The van der Waals surface area contributed by atoms with E-state index in [4.69, 9.17) is 23.2 Å². The van der Waals surface area contributed by atoms with Gasteiger partial charge in [0.15, 0.2) is 5.82 Å². The van der Waals surface area contributed by atoms with Gasteiger partial charge in [0.25, 0.3) is 0 Å². The van der Waals surface area contributed by atoms with Crippen molar-refractivity contribution < 1.29 is 4.39 Å². The van der Waals surface area contributed by atoms with Crippen molar-refractivity contribution >= 4 is 34.5 Å². The van der Waals surface area contributed by atoms with Gasteiger partial charge in [-0.05, 0) is 36.9 Å². The molecule has 0 saturated carbocycles. The Hall–Kier alpha value is -0.610. The molecule has 0 amide bonds. The molecule has 0 aliphatic carbocycles. The minimum atomic E-state index is -0.566. The molecule has 0 unspecified atom stereocenters. The highest BCUT2D eigenvalue weighted by Crippen LogP contribution is 2.34. The monoisotopic (exact) mass is 289 g/mol. The van der Waals surface area contributed by atoms with Crippen molar-refractivity contribution in [1.29, 1.82) is 0 Å². The number of halogens is 3. The molecule has 0 atom stereocenters. The maximum atomic E-state index is 13.3. The third-order valence-corrected chi connectivity index (χ3v) is 3.97. The topological polar surface area (TPSA) is 12.0 Å². The maximum absolute atomic E-state index is 13.3. The van der Waals surface area contributed by atoms with Gasteiger partial charge in [-0.1, -0.05) is 23.2 Å². The van der Waals surface area contributed by atoms with Crippen LogP contribution in [0.25, 0.3) is 10.4 Å². The van der Waals surface area contributed by atoms with Crippen LogP contribution >= 0.6 is 34.5 Å². The summed E-state index contributed by atoms with van der Waals surface area (Å²) in [5.74, 6) is -0.566. The zero-order chi connectivity index (χ0) is 12.4. The predicted molar refractivity (Wildman–Crippen MR) is 72.5 cm³/mol. The maximum Gasteiger partial charge on any atom is 0.160 e. The Morgan fingerprint density at radius 1 is 1.24 bits per heavy atom. The molecule has 1 aromatic heterocycles. The van der Waals surface area contributed by atoms with Crippen molar-refractivity contribution in [3.05, 3.63) is 45.0 Å². The molecule has 90 valence electrons. The summed E-state index contributed by atoms with van der Waals surface area (Å²) >= 11 is 13.2. The smallest absolute Gasteiger partial charge is 0.160 e. The van der Waals surface area contributed by atoms with E-state index in [0.717, 1.165) is 17.0 Å². The lowest BCUT2D eigenvalue weighted by molar-refractivity contribution is 0.629. The van der Waals surface area contributed by atoms with Crippen LogP contribution in [0.4, 0.5) is 4.39 Å². The molecule has 1 heterocycles. The minimum Gasteiger partial charge on any atom is -0.315 e. The lowest BCUT2D eigenvalue weighted by atomic mass is 10.2. The molecular weight excluding hydrogens is 280 g/mol. The molecule has 0 radical (unpaired) electrons. The van der Waals surface area contributed by atoms with E-state index < -0.39 is 5.82 Å². The van der Waals surface area contributed by atoms with Gasteiger partial charge in [-0.25, -0.2) is 4.39 Å². The van der Waals surface area contributed by atoms with Crippen molar-refractivity contribution in [3.8, 4) is 10.4 Å². The summed E-state index contributed by atoms with van der Waals surface area (Å²) < 4.78 is 13.3. The third-order valence-electron chi connectivity index (χ3n) is 2.28. The number of hydrogen-bond donors (Lipinski definition) is 1. The summed E-state index contributed by atoms with van der Waals surface area (Å²) in [5.41, 5.74) is 0.841. The standard InChI is InChI=1S/C12H10Cl2FNS/c1-16-6-8-2-3-11(17-8)7-4-9(13)12(15)10(14)5-7/h2-5,16H,6H2,1H3. The fraction of sp³-hybridized carbons (Fsp3) is 0.167. The third kappa shape index (κ3) is 2.80. The van der Waals surface area contributed by atoms with Crippen LogP contribution < -0.4 is 5.32 Å². The van der Waals surface area contributed by atoms with Crippen LogP contribution in [-0.4, -0.2) is 7.05 Å². The molecule has 1 nitrogen and oxygen atoms in total. The summed E-state index contributed by atoms with van der Waals surface area (Å²) in [5, 5.41) is 3.18. The van der Waals surface area contributed by atoms with Crippen LogP contribution in [-0.2, 0) is 6.54 Å². The number of rotatable bonds is 3. The molecule has 5 heteroatoms. The molecule has 17 heavy (non-hydrogen) atoms. The van der Waals surface area contributed by atoms with Gasteiger partial charge in [0.1, 0.15) is 0 Å². The predicted octanol–water partition coefficient (Wildman–Crippen LogP) is 4.58. The van der Waals surface area contributed by atoms with Gasteiger partial charge in [-0.3, -0.25) is 0 Å². The second-order valence-corrected chi connectivity index (χ2v) is 5.53. The molecule has 0 bridgehead atoms. The van der Waals surface area contributed by atoms with Gasteiger partial charge >= 0.3 is 0 Å². The molecule has 1 aromatic carbocycles. The summed E-state index contributed by atoms with van der Waals surface area (Å²) in [6.45, 7) is 0.813. The Morgan fingerprint density at radius 3 is 2.47 bits per heavy atom. The first-order valence-corrected chi connectivity index (χ1v) is 6.57. The second-order valence-electron chi connectivity index (χ2n) is 3.55. The van der Waals surface area contributed by atoms with Crippen molar-refractivity contribution in [2.45, 2.75) is 6.54 Å². The van der Waals surface area contributed by atoms with E-state index in [1.165, 1.54) is 4.88 Å². The average molecular weight is 290 g/mol. The van der Waals surface area contributed by atoms with E-state index in [0.29, 0.717) is 0 Å². The lowest BCUT2D eigenvalue weighted by Crippen LogP contribution is -2.02. The zero-order valence-electron chi connectivity index (χ0n) is 9.06. The van der Waals surface area contributed by atoms with E-state index >= 15 is 0 Å². The van der Waals surface area contributed by atoms with Gasteiger partial charge in [0, 0.05) is 16.3 Å². The Bertz CT molecular complexity index is 516. The number of nitrogens with one attached hydrogen (secondary N) is 1. The molecule has 0 spiro atoms. The molecule has 0 aliphatic heterocycles. The Morgan fingerprint density at radius 2 is 1.88 bits per heavy atom. The summed E-state index contributed by atoms with van der Waals surface area (Å²) in [7, 11) is 1.89. The Labute approximate surface area is 113 Å². The highest BCUT2D eigenvalue weighted by molar-refractivity contribution is 7.15. The fourth-order valence-electron chi connectivity index (χ4n) is 1.50. The van der Waals surface area contributed by atoms with E-state index in [1.54, 1.807) is 23.5 Å². The molecule has 0 saturated heterocycles. The highest BCUT2D eigenvalue weighted by atomic mass is 35.5. The van der Waals surface area contributed by atoms with Crippen LogP contribution in [0.5, 0.6) is 0 Å². The van der Waals surface area contributed by atoms with Crippen LogP contribution in [0, 0.1) is 5.82 Å². The van der Waals surface area contributed by atoms with Crippen LogP contribution in [0.15, 0.2) is 24.3 Å². The largest absolute Gasteiger partial charge is 0.315 e. The first-order valence-electron chi connectivity index (χ1n) is 5.00. The SMILES string of the molecule is CNCc1ccc(-c2cc(Cl)c(F)c(Cl)c2)s1. The van der Waals surface area contributed by atoms with Crippen molar-refractivity contribution in [1.82, 2.24) is 5.32 Å². The van der Waals surface area contributed by atoms with Gasteiger partial charge in [-0.2, -0.15) is 0 Å². The number of thiophene rings is 1. The zero-order valence-corrected chi connectivity index (χ0v) is 11.4. The fourth-order valence-corrected chi connectivity index (χ4v) is 2.99. The molecular formula is C12H10Cl2FNS. The van der Waals surface area contributed by atoms with Crippen LogP contribution in [0.3, 0.4) is 0 Å². The first kappa shape index (κ1) is 12.8. The van der Waals surface area contributed by atoms with Crippen molar-refractivity contribution in [3.63, 3.8) is 0 Å². The number of benzene rings is 1. The molecule has 1 N–H and O–H groups in total. The van der Waals surface area contributed by atoms with Crippen LogP contribution in [0.1, 0.15) is 4.88 Å².